The maximum absolute atomic E-state index is 4.93. The fraction of sp³-hybridized carbons (Fsp3) is 0.294. The molecule has 7 rings (SSSR count). The average Bonchev–Trinajstić information content (AvgIpc) is 3.78. The molecule has 0 amide bonds. The van der Waals surface area contributed by atoms with E-state index in [1.54, 1.807) is 0 Å². The minimum absolute atomic E-state index is 0.185. The topological polar surface area (TPSA) is 0 Å². The van der Waals surface area contributed by atoms with E-state index in [-0.39, 0.29) is 10.8 Å². The van der Waals surface area contributed by atoms with E-state index in [0.717, 1.165) is 15.9 Å². The third kappa shape index (κ3) is 12.2. The second kappa shape index (κ2) is 20.4. The van der Waals surface area contributed by atoms with Gasteiger partial charge in [-0.1, -0.05) is 178 Å². The summed E-state index contributed by atoms with van der Waals surface area (Å²) in [7, 11) is 11.0. The van der Waals surface area contributed by atoms with Crippen LogP contribution < -0.4 is 0 Å². The Morgan fingerprint density at radius 1 is 0.618 bits per heavy atom. The van der Waals surface area contributed by atoms with Crippen molar-refractivity contribution in [2.75, 3.05) is 0 Å². The van der Waals surface area contributed by atoms with Gasteiger partial charge in [0.1, 0.15) is 0 Å². The van der Waals surface area contributed by atoms with Gasteiger partial charge in [-0.15, -0.1) is 68.6 Å². The molecule has 0 aliphatic heterocycles. The Morgan fingerprint density at radius 3 is 1.62 bits per heavy atom. The van der Waals surface area contributed by atoms with E-state index in [1.807, 2.05) is 0 Å². The first-order chi connectivity index (χ1) is 26.1. The molecule has 0 heterocycles. The van der Waals surface area contributed by atoms with Crippen molar-refractivity contribution in [2.24, 2.45) is 0 Å². The monoisotopic (exact) mass is 858 g/mol. The van der Waals surface area contributed by atoms with Gasteiger partial charge in [-0.05, 0) is 51.0 Å². The molecule has 0 aliphatic rings. The Hall–Kier alpha value is -3.00. The molecule has 7 aromatic carbocycles. The Morgan fingerprint density at radius 2 is 1.13 bits per heavy atom. The molecule has 0 N–H and O–H groups in total. The molecule has 0 spiro atoms. The van der Waals surface area contributed by atoms with Gasteiger partial charge in [-0.3, -0.25) is 0 Å². The zero-order valence-electron chi connectivity index (χ0n) is 34.7. The third-order valence-corrected chi connectivity index (χ3v) is 9.98. The van der Waals surface area contributed by atoms with Gasteiger partial charge in [0, 0.05) is 9.52 Å². The molecule has 284 valence electrons. The molecular weight excluding hydrogens is 803 g/mol. The first-order valence-electron chi connectivity index (χ1n) is 19.3. The number of benzene rings is 5. The quantitative estimate of drug-likeness (QED) is 0.119. The summed E-state index contributed by atoms with van der Waals surface area (Å²) in [5.74, 6) is 0.573. The zero-order chi connectivity index (χ0) is 40.3. The fourth-order valence-corrected chi connectivity index (χ4v) is 6.83. The SMILES string of the molecule is CC(C)c1cc2c(-c3ccc(C(C)(C)C)cc3)cccc2[cH-]1.C[Si]C.Cc1ccc(-c2ccc(C(C)(C)C)cc2)c2cc(Cc3ccccc3)[cH-]c12.[Cl][Zr+2][Cl]. The van der Waals surface area contributed by atoms with Crippen molar-refractivity contribution in [3.05, 3.63) is 167 Å². The number of rotatable bonds is 5. The predicted molar refractivity (Wildman–Crippen MR) is 245 cm³/mol. The number of aryl methyl sites for hydroxylation is 1. The van der Waals surface area contributed by atoms with E-state index in [0.29, 0.717) is 5.92 Å². The van der Waals surface area contributed by atoms with Crippen LogP contribution in [0.15, 0.2) is 133 Å². The molecule has 7 aromatic rings. The van der Waals surface area contributed by atoms with Crippen molar-refractivity contribution in [3.8, 4) is 22.3 Å². The molecule has 0 bridgehead atoms. The van der Waals surface area contributed by atoms with Crippen LogP contribution in [0.1, 0.15) is 94.7 Å². The Kier molecular flexibility index (Phi) is 16.6. The fourth-order valence-electron chi connectivity index (χ4n) is 6.83. The van der Waals surface area contributed by atoms with Gasteiger partial charge in [-0.2, -0.15) is 12.1 Å². The van der Waals surface area contributed by atoms with E-state index in [9.17, 15) is 0 Å². The Balaban J connectivity index is 0.000000218. The molecular formula is C51H58Cl2SiZr. The van der Waals surface area contributed by atoms with Gasteiger partial charge in [0.05, 0.1) is 0 Å². The normalized spacial score (nSPS) is 11.2. The summed E-state index contributed by atoms with van der Waals surface area (Å²) in [5.41, 5.74) is 13.9. The van der Waals surface area contributed by atoms with Crippen molar-refractivity contribution in [1.82, 2.24) is 0 Å². The summed E-state index contributed by atoms with van der Waals surface area (Å²) in [6.07, 6.45) is 0.983. The molecule has 0 aliphatic carbocycles. The van der Waals surface area contributed by atoms with Crippen LogP contribution in [0.3, 0.4) is 0 Å². The minimum atomic E-state index is -0.826. The van der Waals surface area contributed by atoms with Crippen LogP contribution in [0.25, 0.3) is 43.8 Å². The molecule has 4 heteroatoms. The summed E-state index contributed by atoms with van der Waals surface area (Å²) in [5, 5.41) is 5.46. The van der Waals surface area contributed by atoms with Crippen molar-refractivity contribution in [3.63, 3.8) is 0 Å². The van der Waals surface area contributed by atoms with E-state index < -0.39 is 20.8 Å². The van der Waals surface area contributed by atoms with E-state index >= 15 is 0 Å². The number of hydrogen-bond acceptors (Lipinski definition) is 0. The van der Waals surface area contributed by atoms with Gasteiger partial charge in [0.25, 0.3) is 0 Å². The maximum atomic E-state index is 4.93. The molecule has 0 unspecified atom stereocenters. The summed E-state index contributed by atoms with van der Waals surface area (Å²) < 4.78 is 0. The zero-order valence-corrected chi connectivity index (χ0v) is 39.7. The van der Waals surface area contributed by atoms with E-state index in [1.165, 1.54) is 77.2 Å². The van der Waals surface area contributed by atoms with E-state index in [4.69, 9.17) is 17.0 Å². The van der Waals surface area contributed by atoms with Gasteiger partial charge in [-0.25, -0.2) is 0 Å². The molecule has 0 aromatic heterocycles. The summed E-state index contributed by atoms with van der Waals surface area (Å²) in [6, 6.07) is 49.4. The van der Waals surface area contributed by atoms with Crippen LogP contribution >= 0.6 is 17.0 Å². The van der Waals surface area contributed by atoms with Crippen molar-refractivity contribution < 1.29 is 20.8 Å². The summed E-state index contributed by atoms with van der Waals surface area (Å²) in [6.45, 7) is 24.6. The number of halogens is 2. The van der Waals surface area contributed by atoms with Crippen LogP contribution in [-0.4, -0.2) is 9.52 Å². The molecule has 0 nitrogen and oxygen atoms in total. The van der Waals surface area contributed by atoms with Crippen LogP contribution in [0.5, 0.6) is 0 Å². The molecule has 0 atom stereocenters. The van der Waals surface area contributed by atoms with Gasteiger partial charge >= 0.3 is 37.9 Å². The Bertz CT molecular complexity index is 2210. The predicted octanol–water partition coefficient (Wildman–Crippen LogP) is 16.2. The third-order valence-electron chi connectivity index (χ3n) is 9.98. The first kappa shape index (κ1) is 44.7. The van der Waals surface area contributed by atoms with Crippen LogP contribution in [-0.2, 0) is 38.1 Å². The molecule has 0 fully saturated rings. The van der Waals surface area contributed by atoms with Crippen LogP contribution in [0.2, 0.25) is 13.1 Å². The van der Waals surface area contributed by atoms with Gasteiger partial charge in [0.2, 0.25) is 0 Å². The van der Waals surface area contributed by atoms with Gasteiger partial charge < -0.3 is 0 Å². The second-order valence-corrected chi connectivity index (χ2v) is 21.5. The summed E-state index contributed by atoms with van der Waals surface area (Å²) in [4.78, 5) is 0. The van der Waals surface area contributed by atoms with Crippen molar-refractivity contribution >= 4 is 48.1 Å². The van der Waals surface area contributed by atoms with Crippen LogP contribution in [0, 0.1) is 6.92 Å². The molecule has 0 saturated heterocycles. The molecule has 0 saturated carbocycles. The van der Waals surface area contributed by atoms with Crippen molar-refractivity contribution in [2.45, 2.75) is 98.6 Å². The first-order valence-corrected chi connectivity index (χ1v) is 27.6. The number of hydrogen-bond donors (Lipinski definition) is 0. The average molecular weight is 861 g/mol. The van der Waals surface area contributed by atoms with Gasteiger partial charge in [0.15, 0.2) is 0 Å². The second-order valence-electron chi connectivity index (χ2n) is 16.8. The summed E-state index contributed by atoms with van der Waals surface area (Å²) >= 11 is -0.826. The van der Waals surface area contributed by atoms with Crippen LogP contribution in [0.4, 0.5) is 0 Å². The Labute approximate surface area is 353 Å². The standard InChI is InChI=1S/C27H27.C22H25.C2H6Si.2ClH.Zr/c1-19-10-15-24(22-11-13-23(14-12-22)27(2,3)4)26-18-21(17-25(19)26)16-20-8-6-5-7-9-20;1-15(2)18-13-17-7-6-8-20(21(17)14-18)16-9-11-19(12-10-16)22(3,4)5;1-3-2;;;/h5-15,17-18H,16H2,1-4H3;6-15H,1-5H3;1-2H3;2*1H;/q2*-1;;;;+4/p-2. The molecule has 2 radical (unpaired) electrons. The van der Waals surface area contributed by atoms with E-state index in [2.05, 4.69) is 209 Å². The number of fused-ring (bicyclic) bond motifs is 2. The van der Waals surface area contributed by atoms with Crippen molar-refractivity contribution in [1.29, 1.82) is 0 Å². The molecule has 55 heavy (non-hydrogen) atoms.